The van der Waals surface area contributed by atoms with E-state index >= 15 is 0 Å². The van der Waals surface area contributed by atoms with E-state index in [1.165, 1.54) is 12.1 Å². The van der Waals surface area contributed by atoms with Gasteiger partial charge in [-0.2, -0.15) is 0 Å². The fourth-order valence-electron chi connectivity index (χ4n) is 1.74. The van der Waals surface area contributed by atoms with Gasteiger partial charge in [-0.1, -0.05) is 6.07 Å². The SMILES string of the molecule is CCOC(=O)CCN(C)c1cc([N+](=O)[O-])ccc1C. The molecule has 0 N–H and O–H groups in total. The minimum absolute atomic E-state index is 0.0450. The molecule has 0 fully saturated rings. The minimum Gasteiger partial charge on any atom is -0.466 e. The van der Waals surface area contributed by atoms with Gasteiger partial charge in [0.05, 0.1) is 18.0 Å². The van der Waals surface area contributed by atoms with Gasteiger partial charge < -0.3 is 9.64 Å². The Morgan fingerprint density at radius 3 is 2.74 bits per heavy atom. The molecule has 1 rings (SSSR count). The predicted molar refractivity (Wildman–Crippen MR) is 72.4 cm³/mol. The number of anilines is 1. The van der Waals surface area contributed by atoms with Crippen molar-refractivity contribution in [3.05, 3.63) is 33.9 Å². The van der Waals surface area contributed by atoms with Crippen LogP contribution in [0, 0.1) is 17.0 Å². The zero-order chi connectivity index (χ0) is 14.4. The molecule has 0 amide bonds. The van der Waals surface area contributed by atoms with E-state index in [-0.39, 0.29) is 18.1 Å². The van der Waals surface area contributed by atoms with Crippen molar-refractivity contribution in [3.8, 4) is 0 Å². The van der Waals surface area contributed by atoms with Gasteiger partial charge in [0.1, 0.15) is 0 Å². The van der Waals surface area contributed by atoms with Gasteiger partial charge in [0.2, 0.25) is 0 Å². The quantitative estimate of drug-likeness (QED) is 0.448. The molecular formula is C13H18N2O4. The molecule has 104 valence electrons. The predicted octanol–water partition coefficient (Wildman–Crippen LogP) is 2.29. The van der Waals surface area contributed by atoms with Crippen molar-refractivity contribution < 1.29 is 14.5 Å². The fraction of sp³-hybridized carbons (Fsp3) is 0.462. The van der Waals surface area contributed by atoms with Gasteiger partial charge in [0.25, 0.3) is 5.69 Å². The Morgan fingerprint density at radius 1 is 1.47 bits per heavy atom. The number of carbonyl (C=O) groups excluding carboxylic acids is 1. The molecule has 0 bridgehead atoms. The standard InChI is InChI=1S/C13H18N2O4/c1-4-19-13(16)7-8-14(3)12-9-11(15(17)18)6-5-10(12)2/h5-6,9H,4,7-8H2,1-3H3. The fourth-order valence-corrected chi connectivity index (χ4v) is 1.74. The largest absolute Gasteiger partial charge is 0.466 e. The summed E-state index contributed by atoms with van der Waals surface area (Å²) >= 11 is 0. The number of nitro benzene ring substituents is 1. The first-order valence-electron chi connectivity index (χ1n) is 6.07. The molecule has 0 saturated heterocycles. The van der Waals surface area contributed by atoms with E-state index in [1.54, 1.807) is 20.0 Å². The molecule has 0 unspecified atom stereocenters. The van der Waals surface area contributed by atoms with Crippen LogP contribution >= 0.6 is 0 Å². The molecule has 6 nitrogen and oxygen atoms in total. The maximum Gasteiger partial charge on any atom is 0.307 e. The summed E-state index contributed by atoms with van der Waals surface area (Å²) in [6.45, 7) is 4.45. The van der Waals surface area contributed by atoms with Gasteiger partial charge >= 0.3 is 5.97 Å². The van der Waals surface area contributed by atoms with Crippen LogP contribution in [0.1, 0.15) is 18.9 Å². The molecule has 0 aliphatic rings. The van der Waals surface area contributed by atoms with Crippen molar-refractivity contribution in [3.63, 3.8) is 0 Å². The molecule has 0 aliphatic heterocycles. The van der Waals surface area contributed by atoms with Gasteiger partial charge in [-0.15, -0.1) is 0 Å². The number of rotatable bonds is 6. The Kier molecular flexibility index (Phi) is 5.29. The van der Waals surface area contributed by atoms with E-state index in [9.17, 15) is 14.9 Å². The van der Waals surface area contributed by atoms with Crippen LogP contribution in [0.2, 0.25) is 0 Å². The second kappa shape index (κ2) is 6.72. The maximum atomic E-state index is 11.3. The number of non-ortho nitro benzene ring substituents is 1. The van der Waals surface area contributed by atoms with Gasteiger partial charge in [-0.25, -0.2) is 0 Å². The molecule has 0 aliphatic carbocycles. The summed E-state index contributed by atoms with van der Waals surface area (Å²) in [6, 6.07) is 4.69. The highest BCUT2D eigenvalue weighted by atomic mass is 16.6. The van der Waals surface area contributed by atoms with Crippen molar-refractivity contribution >= 4 is 17.3 Å². The molecule has 19 heavy (non-hydrogen) atoms. The van der Waals surface area contributed by atoms with Crippen LogP contribution in [0.25, 0.3) is 0 Å². The molecule has 0 heterocycles. The first kappa shape index (κ1) is 14.9. The second-order valence-electron chi connectivity index (χ2n) is 4.20. The highest BCUT2D eigenvalue weighted by molar-refractivity contribution is 5.70. The van der Waals surface area contributed by atoms with E-state index in [0.29, 0.717) is 13.2 Å². The molecule has 6 heteroatoms. The molecule has 0 radical (unpaired) electrons. The second-order valence-corrected chi connectivity index (χ2v) is 4.20. The highest BCUT2D eigenvalue weighted by Crippen LogP contribution is 2.24. The minimum atomic E-state index is -0.428. The lowest BCUT2D eigenvalue weighted by Gasteiger charge is -2.20. The lowest BCUT2D eigenvalue weighted by molar-refractivity contribution is -0.384. The third kappa shape index (κ3) is 4.24. The lowest BCUT2D eigenvalue weighted by atomic mass is 10.1. The Bertz CT molecular complexity index is 474. The average Bonchev–Trinajstić information content (AvgIpc) is 2.36. The zero-order valence-electron chi connectivity index (χ0n) is 11.4. The number of esters is 1. The Hall–Kier alpha value is -2.11. The third-order valence-electron chi connectivity index (χ3n) is 2.77. The van der Waals surface area contributed by atoms with E-state index in [2.05, 4.69) is 0 Å². The number of ether oxygens (including phenoxy) is 1. The summed E-state index contributed by atoms with van der Waals surface area (Å²) in [4.78, 5) is 23.4. The number of hydrogen-bond acceptors (Lipinski definition) is 5. The summed E-state index contributed by atoms with van der Waals surface area (Å²) in [5, 5.41) is 10.8. The average molecular weight is 266 g/mol. The van der Waals surface area contributed by atoms with Gasteiger partial charge in [0, 0.05) is 31.4 Å². The summed E-state index contributed by atoms with van der Waals surface area (Å²) in [6.07, 6.45) is 0.256. The van der Waals surface area contributed by atoms with E-state index in [4.69, 9.17) is 4.74 Å². The van der Waals surface area contributed by atoms with Gasteiger partial charge in [0.15, 0.2) is 0 Å². The number of nitro groups is 1. The van der Waals surface area contributed by atoms with Gasteiger partial charge in [-0.05, 0) is 19.4 Å². The van der Waals surface area contributed by atoms with Crippen LogP contribution < -0.4 is 4.90 Å². The number of carbonyl (C=O) groups is 1. The molecular weight excluding hydrogens is 248 g/mol. The van der Waals surface area contributed by atoms with Crippen LogP contribution in [0.5, 0.6) is 0 Å². The summed E-state index contributed by atoms with van der Waals surface area (Å²) in [7, 11) is 1.80. The van der Waals surface area contributed by atoms with Crippen molar-refractivity contribution in [2.75, 3.05) is 25.1 Å². The number of benzene rings is 1. The van der Waals surface area contributed by atoms with Crippen molar-refractivity contribution in [1.82, 2.24) is 0 Å². The first-order chi connectivity index (χ1) is 8.95. The Balaban J connectivity index is 2.75. The van der Waals surface area contributed by atoms with E-state index in [0.717, 1.165) is 11.3 Å². The molecule has 1 aromatic carbocycles. The van der Waals surface area contributed by atoms with Crippen LogP contribution in [0.3, 0.4) is 0 Å². The summed E-state index contributed by atoms with van der Waals surface area (Å²) in [5.41, 5.74) is 1.72. The van der Waals surface area contributed by atoms with Crippen LogP contribution in [0.15, 0.2) is 18.2 Å². The normalized spacial score (nSPS) is 10.1. The molecule has 0 aromatic heterocycles. The Morgan fingerprint density at radius 2 is 2.16 bits per heavy atom. The summed E-state index contributed by atoms with van der Waals surface area (Å²) < 4.78 is 4.85. The first-order valence-corrected chi connectivity index (χ1v) is 6.07. The smallest absolute Gasteiger partial charge is 0.307 e. The Labute approximate surface area is 112 Å². The van der Waals surface area contributed by atoms with Gasteiger partial charge in [-0.3, -0.25) is 14.9 Å². The van der Waals surface area contributed by atoms with Crippen LogP contribution in [0.4, 0.5) is 11.4 Å². The number of hydrogen-bond donors (Lipinski definition) is 0. The maximum absolute atomic E-state index is 11.3. The van der Waals surface area contributed by atoms with Crippen molar-refractivity contribution in [2.24, 2.45) is 0 Å². The number of nitrogens with zero attached hydrogens (tertiary/aromatic N) is 2. The van der Waals surface area contributed by atoms with Crippen molar-refractivity contribution in [2.45, 2.75) is 20.3 Å². The topological polar surface area (TPSA) is 72.7 Å². The lowest BCUT2D eigenvalue weighted by Crippen LogP contribution is -2.22. The highest BCUT2D eigenvalue weighted by Gasteiger charge is 2.13. The third-order valence-corrected chi connectivity index (χ3v) is 2.77. The van der Waals surface area contributed by atoms with E-state index in [1.807, 2.05) is 11.8 Å². The van der Waals surface area contributed by atoms with Crippen molar-refractivity contribution in [1.29, 1.82) is 0 Å². The van der Waals surface area contributed by atoms with Crippen LogP contribution in [-0.2, 0) is 9.53 Å². The number of aryl methyl sites for hydroxylation is 1. The monoisotopic (exact) mass is 266 g/mol. The molecule has 1 aromatic rings. The zero-order valence-corrected chi connectivity index (χ0v) is 11.4. The van der Waals surface area contributed by atoms with Crippen LogP contribution in [-0.4, -0.2) is 31.1 Å². The summed E-state index contributed by atoms with van der Waals surface area (Å²) in [5.74, 6) is -0.266. The van der Waals surface area contributed by atoms with E-state index < -0.39 is 4.92 Å². The molecule has 0 spiro atoms. The molecule has 0 saturated carbocycles. The molecule has 0 atom stereocenters.